The molecule has 0 atom stereocenters. The van der Waals surface area contributed by atoms with Crippen LogP contribution in [0.5, 0.6) is 0 Å². The molecular formula is C16H16O2S. The van der Waals surface area contributed by atoms with Gasteiger partial charge in [0.2, 0.25) is 0 Å². The molecule has 0 unspecified atom stereocenters. The summed E-state index contributed by atoms with van der Waals surface area (Å²) in [7, 11) is 0. The Hall–Kier alpha value is -1.74. The first kappa shape index (κ1) is 13.7. The van der Waals surface area contributed by atoms with Crippen molar-refractivity contribution in [1.82, 2.24) is 0 Å². The topological polar surface area (TPSA) is 26.3 Å². The first-order valence-corrected chi connectivity index (χ1v) is 7.09. The number of carbonyl (C=O) groups excluding carboxylic acids is 1. The molecule has 98 valence electrons. The molecule has 0 fully saturated rings. The average Bonchev–Trinajstić information content (AvgIpc) is 2.43. The van der Waals surface area contributed by atoms with E-state index >= 15 is 0 Å². The van der Waals surface area contributed by atoms with Gasteiger partial charge in [-0.15, -0.1) is 11.8 Å². The predicted octanol–water partition coefficient (Wildman–Crippen LogP) is 4.05. The van der Waals surface area contributed by atoms with Crippen molar-refractivity contribution in [3.05, 3.63) is 54.6 Å². The van der Waals surface area contributed by atoms with E-state index in [1.807, 2.05) is 12.1 Å². The molecule has 0 aliphatic carbocycles. The Kier molecular flexibility index (Phi) is 4.63. The highest BCUT2D eigenvalue weighted by atomic mass is 32.2. The molecule has 0 aromatic heterocycles. The summed E-state index contributed by atoms with van der Waals surface area (Å²) in [6.07, 6.45) is 0. The summed E-state index contributed by atoms with van der Waals surface area (Å²) < 4.78 is 5.05. The van der Waals surface area contributed by atoms with Gasteiger partial charge in [0.25, 0.3) is 0 Å². The molecular weight excluding hydrogens is 256 g/mol. The van der Waals surface area contributed by atoms with Crippen LogP contribution >= 0.6 is 11.8 Å². The molecule has 0 radical (unpaired) electrons. The van der Waals surface area contributed by atoms with Gasteiger partial charge in [0.15, 0.2) is 0 Å². The Morgan fingerprint density at radius 1 is 1.21 bits per heavy atom. The second-order valence-electron chi connectivity index (χ2n) is 4.27. The van der Waals surface area contributed by atoms with Gasteiger partial charge in [0, 0.05) is 16.2 Å². The van der Waals surface area contributed by atoms with Gasteiger partial charge in [0.1, 0.15) is 6.61 Å². The van der Waals surface area contributed by atoms with Crippen molar-refractivity contribution in [3.63, 3.8) is 0 Å². The molecule has 2 aromatic carbocycles. The average molecular weight is 272 g/mol. The van der Waals surface area contributed by atoms with Gasteiger partial charge >= 0.3 is 5.97 Å². The standard InChI is InChI=1S/C16H16O2S/c1-12(2)16(17)18-9-10-19-15-8-7-13-5-3-4-6-14(13)11-15/h3-8,11H,1,9-10H2,2H3. The summed E-state index contributed by atoms with van der Waals surface area (Å²) in [5.74, 6) is 0.427. The largest absolute Gasteiger partial charge is 0.461 e. The number of fused-ring (bicyclic) bond motifs is 1. The van der Waals surface area contributed by atoms with Crippen LogP contribution in [0.15, 0.2) is 59.5 Å². The van der Waals surface area contributed by atoms with E-state index in [-0.39, 0.29) is 5.97 Å². The third kappa shape index (κ3) is 3.86. The first-order valence-electron chi connectivity index (χ1n) is 6.11. The molecule has 2 nitrogen and oxygen atoms in total. The van der Waals surface area contributed by atoms with Crippen LogP contribution in [0, 0.1) is 0 Å². The zero-order valence-electron chi connectivity index (χ0n) is 10.9. The van der Waals surface area contributed by atoms with Crippen LogP contribution in [-0.4, -0.2) is 18.3 Å². The molecule has 3 heteroatoms. The minimum atomic E-state index is -0.320. The maximum absolute atomic E-state index is 11.2. The molecule has 0 aliphatic rings. The van der Waals surface area contributed by atoms with E-state index in [0.29, 0.717) is 12.2 Å². The molecule has 0 saturated carbocycles. The Morgan fingerprint density at radius 2 is 1.95 bits per heavy atom. The van der Waals surface area contributed by atoms with Crippen LogP contribution in [0.25, 0.3) is 10.8 Å². The number of carbonyl (C=O) groups is 1. The molecule has 19 heavy (non-hydrogen) atoms. The van der Waals surface area contributed by atoms with Crippen LogP contribution < -0.4 is 0 Å². The fourth-order valence-electron chi connectivity index (χ4n) is 1.67. The van der Waals surface area contributed by atoms with E-state index in [0.717, 1.165) is 5.75 Å². The van der Waals surface area contributed by atoms with Crippen molar-refractivity contribution >= 4 is 28.5 Å². The van der Waals surface area contributed by atoms with Gasteiger partial charge < -0.3 is 4.74 Å². The van der Waals surface area contributed by atoms with Gasteiger partial charge in [0.05, 0.1) is 0 Å². The van der Waals surface area contributed by atoms with E-state index in [4.69, 9.17) is 4.74 Å². The number of hydrogen-bond acceptors (Lipinski definition) is 3. The minimum absolute atomic E-state index is 0.320. The lowest BCUT2D eigenvalue weighted by Crippen LogP contribution is -2.07. The number of rotatable bonds is 5. The molecule has 0 bridgehead atoms. The van der Waals surface area contributed by atoms with Gasteiger partial charge in [-0.05, 0) is 29.8 Å². The normalized spacial score (nSPS) is 10.4. The Balaban J connectivity index is 1.88. The van der Waals surface area contributed by atoms with E-state index in [9.17, 15) is 4.79 Å². The van der Waals surface area contributed by atoms with Gasteiger partial charge in [-0.2, -0.15) is 0 Å². The lowest BCUT2D eigenvalue weighted by Gasteiger charge is -2.05. The summed E-state index contributed by atoms with van der Waals surface area (Å²) in [6, 6.07) is 14.6. The summed E-state index contributed by atoms with van der Waals surface area (Å²) in [6.45, 7) is 5.60. The van der Waals surface area contributed by atoms with E-state index < -0.39 is 0 Å². The summed E-state index contributed by atoms with van der Waals surface area (Å²) in [5, 5.41) is 2.46. The third-order valence-corrected chi connectivity index (χ3v) is 3.61. The van der Waals surface area contributed by atoms with E-state index in [2.05, 4.69) is 36.9 Å². The van der Waals surface area contributed by atoms with E-state index in [1.165, 1.54) is 15.7 Å². The lowest BCUT2D eigenvalue weighted by atomic mass is 10.1. The fourth-order valence-corrected chi connectivity index (χ4v) is 2.45. The van der Waals surface area contributed by atoms with Crippen molar-refractivity contribution in [1.29, 1.82) is 0 Å². The van der Waals surface area contributed by atoms with Gasteiger partial charge in [-0.1, -0.05) is 36.9 Å². The zero-order chi connectivity index (χ0) is 13.7. The molecule has 0 saturated heterocycles. The van der Waals surface area contributed by atoms with Crippen molar-refractivity contribution in [2.75, 3.05) is 12.4 Å². The number of ether oxygens (including phenoxy) is 1. The van der Waals surface area contributed by atoms with E-state index in [1.54, 1.807) is 18.7 Å². The number of thioether (sulfide) groups is 1. The molecule has 0 N–H and O–H groups in total. The highest BCUT2D eigenvalue weighted by molar-refractivity contribution is 7.99. The van der Waals surface area contributed by atoms with Crippen LogP contribution in [0.3, 0.4) is 0 Å². The van der Waals surface area contributed by atoms with Gasteiger partial charge in [-0.25, -0.2) is 4.79 Å². The maximum Gasteiger partial charge on any atom is 0.333 e. The molecule has 2 aromatic rings. The molecule has 0 amide bonds. The predicted molar refractivity (Wildman–Crippen MR) is 80.4 cm³/mol. The third-order valence-electron chi connectivity index (χ3n) is 2.65. The Bertz CT molecular complexity index is 604. The Labute approximate surface area is 117 Å². The van der Waals surface area contributed by atoms with Crippen molar-refractivity contribution in [2.24, 2.45) is 0 Å². The van der Waals surface area contributed by atoms with Crippen LogP contribution in [0.2, 0.25) is 0 Å². The lowest BCUT2D eigenvalue weighted by molar-refractivity contribution is -0.138. The SMILES string of the molecule is C=C(C)C(=O)OCCSc1ccc2ccccc2c1. The molecule has 0 spiro atoms. The number of esters is 1. The second kappa shape index (κ2) is 6.43. The summed E-state index contributed by atoms with van der Waals surface area (Å²) >= 11 is 1.68. The second-order valence-corrected chi connectivity index (χ2v) is 5.44. The van der Waals surface area contributed by atoms with Crippen LogP contribution in [-0.2, 0) is 9.53 Å². The zero-order valence-corrected chi connectivity index (χ0v) is 11.7. The van der Waals surface area contributed by atoms with Crippen molar-refractivity contribution < 1.29 is 9.53 Å². The van der Waals surface area contributed by atoms with Gasteiger partial charge in [-0.3, -0.25) is 0 Å². The van der Waals surface area contributed by atoms with Crippen LogP contribution in [0.1, 0.15) is 6.92 Å². The fraction of sp³-hybridized carbons (Fsp3) is 0.188. The summed E-state index contributed by atoms with van der Waals surface area (Å²) in [4.78, 5) is 12.4. The smallest absolute Gasteiger partial charge is 0.333 e. The highest BCUT2D eigenvalue weighted by Gasteiger charge is 2.03. The maximum atomic E-state index is 11.2. The van der Waals surface area contributed by atoms with Crippen molar-refractivity contribution in [2.45, 2.75) is 11.8 Å². The summed E-state index contributed by atoms with van der Waals surface area (Å²) in [5.41, 5.74) is 0.440. The highest BCUT2D eigenvalue weighted by Crippen LogP contribution is 2.23. The molecule has 2 rings (SSSR count). The monoisotopic (exact) mass is 272 g/mol. The quantitative estimate of drug-likeness (QED) is 0.355. The molecule has 0 heterocycles. The Morgan fingerprint density at radius 3 is 2.68 bits per heavy atom. The van der Waals surface area contributed by atoms with Crippen molar-refractivity contribution in [3.8, 4) is 0 Å². The molecule has 0 aliphatic heterocycles. The first-order chi connectivity index (χ1) is 9.16. The number of benzene rings is 2. The minimum Gasteiger partial charge on any atom is -0.461 e. The van der Waals surface area contributed by atoms with Crippen LogP contribution in [0.4, 0.5) is 0 Å². The number of hydrogen-bond donors (Lipinski definition) is 0.